The van der Waals surface area contributed by atoms with Crippen molar-refractivity contribution in [2.75, 3.05) is 13.2 Å². The van der Waals surface area contributed by atoms with Gasteiger partial charge < -0.3 is 15.5 Å². The second kappa shape index (κ2) is 6.44. The zero-order valence-electron chi connectivity index (χ0n) is 13.8. The number of aliphatic hydroxyl groups excluding tert-OH is 2. The molecular formula is C20H25NO2. The molecule has 2 aromatic rings. The Morgan fingerprint density at radius 1 is 1.04 bits per heavy atom. The second-order valence-corrected chi connectivity index (χ2v) is 6.80. The van der Waals surface area contributed by atoms with Gasteiger partial charge in [0.05, 0.1) is 12.7 Å². The fraction of sp³-hybridized carbons (Fsp3) is 0.400. The highest BCUT2D eigenvalue weighted by atomic mass is 16.3. The summed E-state index contributed by atoms with van der Waals surface area (Å²) in [5, 5.41) is 23.8. The summed E-state index contributed by atoms with van der Waals surface area (Å²) in [4.78, 5) is 0. The lowest BCUT2D eigenvalue weighted by molar-refractivity contribution is 0.124. The first kappa shape index (κ1) is 16.2. The molecule has 3 nitrogen and oxygen atoms in total. The number of fused-ring (bicyclic) bond motifs is 1. The molecule has 0 heterocycles. The van der Waals surface area contributed by atoms with Crippen molar-refractivity contribution in [3.8, 4) is 0 Å². The predicted octanol–water partition coefficient (Wildman–Crippen LogP) is 2.46. The molecule has 23 heavy (non-hydrogen) atoms. The Kier molecular flexibility index (Phi) is 4.53. The number of rotatable bonds is 5. The quantitative estimate of drug-likeness (QED) is 0.795. The van der Waals surface area contributed by atoms with Gasteiger partial charge in [0, 0.05) is 12.1 Å². The number of nitrogens with one attached hydrogen (secondary N) is 1. The molecule has 3 rings (SSSR count). The zero-order chi connectivity index (χ0) is 16.4. The number of β-amino-alcohol motifs (C(OH)–C–C–N with tert-alkyl or cyclic N) is 1. The Balaban J connectivity index is 1.68. The lowest BCUT2D eigenvalue weighted by Gasteiger charge is -2.29. The lowest BCUT2D eigenvalue weighted by atomic mass is 9.95. The van der Waals surface area contributed by atoms with Crippen LogP contribution in [0.2, 0.25) is 0 Å². The van der Waals surface area contributed by atoms with E-state index >= 15 is 0 Å². The summed E-state index contributed by atoms with van der Waals surface area (Å²) in [5.41, 5.74) is 5.55. The molecule has 0 radical (unpaired) electrons. The summed E-state index contributed by atoms with van der Waals surface area (Å²) < 4.78 is 0. The Bertz CT molecular complexity index is 671. The molecule has 0 saturated heterocycles. The molecule has 3 N–H and O–H groups in total. The molecule has 1 aliphatic carbocycles. The maximum Gasteiger partial charge on any atom is 0.0914 e. The molecule has 0 unspecified atom stereocenters. The van der Waals surface area contributed by atoms with E-state index in [9.17, 15) is 10.2 Å². The Morgan fingerprint density at radius 2 is 1.70 bits per heavy atom. The van der Waals surface area contributed by atoms with Crippen LogP contribution in [-0.4, -0.2) is 28.9 Å². The van der Waals surface area contributed by atoms with Crippen molar-refractivity contribution >= 4 is 0 Å². The van der Waals surface area contributed by atoms with Gasteiger partial charge in [-0.15, -0.1) is 0 Å². The third-order valence-electron chi connectivity index (χ3n) is 5.06. The van der Waals surface area contributed by atoms with Crippen LogP contribution in [0.15, 0.2) is 42.5 Å². The first-order chi connectivity index (χ1) is 11.0. The summed E-state index contributed by atoms with van der Waals surface area (Å²) in [6, 6.07) is 14.4. The fourth-order valence-electron chi connectivity index (χ4n) is 3.39. The highest BCUT2D eigenvalue weighted by Gasteiger charge is 2.36. The summed E-state index contributed by atoms with van der Waals surface area (Å²) in [6.45, 7) is 4.64. The van der Waals surface area contributed by atoms with Gasteiger partial charge in [0.25, 0.3) is 0 Å². The van der Waals surface area contributed by atoms with Gasteiger partial charge >= 0.3 is 0 Å². The average molecular weight is 311 g/mol. The first-order valence-electron chi connectivity index (χ1n) is 8.21. The molecule has 2 aromatic carbocycles. The van der Waals surface area contributed by atoms with Crippen LogP contribution in [0.25, 0.3) is 0 Å². The highest BCUT2D eigenvalue weighted by molar-refractivity contribution is 5.36. The maximum atomic E-state index is 10.5. The summed E-state index contributed by atoms with van der Waals surface area (Å²) in [5.74, 6) is 0. The van der Waals surface area contributed by atoms with Gasteiger partial charge in [-0.3, -0.25) is 0 Å². The van der Waals surface area contributed by atoms with E-state index in [0.717, 1.165) is 18.4 Å². The van der Waals surface area contributed by atoms with Crippen LogP contribution in [-0.2, 0) is 12.8 Å². The molecule has 0 spiro atoms. The molecule has 0 aliphatic heterocycles. The lowest BCUT2D eigenvalue weighted by Crippen LogP contribution is -2.50. The monoisotopic (exact) mass is 311 g/mol. The van der Waals surface area contributed by atoms with Gasteiger partial charge in [0.1, 0.15) is 0 Å². The van der Waals surface area contributed by atoms with Crippen molar-refractivity contribution in [2.24, 2.45) is 0 Å². The molecule has 1 aliphatic rings. The van der Waals surface area contributed by atoms with E-state index in [0.29, 0.717) is 6.54 Å². The molecular weight excluding hydrogens is 286 g/mol. The van der Waals surface area contributed by atoms with Crippen LogP contribution in [0.1, 0.15) is 33.9 Å². The van der Waals surface area contributed by atoms with E-state index < -0.39 is 6.10 Å². The average Bonchev–Trinajstić information content (AvgIpc) is 2.94. The van der Waals surface area contributed by atoms with E-state index in [1.807, 2.05) is 30.3 Å². The standard InChI is InChI=1S/C20H25NO2/c1-14-7-8-16(9-15(14)2)19(23)12-21-20(13-22)10-17-5-3-4-6-18(17)11-20/h3-9,19,21-23H,10-13H2,1-2H3/t19-/m0/s1. The molecule has 3 heteroatoms. The van der Waals surface area contributed by atoms with E-state index in [2.05, 4.69) is 31.3 Å². The molecule has 0 saturated carbocycles. The van der Waals surface area contributed by atoms with Crippen LogP contribution in [0.3, 0.4) is 0 Å². The summed E-state index contributed by atoms with van der Waals surface area (Å²) >= 11 is 0. The van der Waals surface area contributed by atoms with Crippen LogP contribution in [0.5, 0.6) is 0 Å². The molecule has 0 aromatic heterocycles. The van der Waals surface area contributed by atoms with E-state index in [1.54, 1.807) is 0 Å². The number of hydrogen-bond acceptors (Lipinski definition) is 3. The van der Waals surface area contributed by atoms with E-state index in [1.165, 1.54) is 22.3 Å². The van der Waals surface area contributed by atoms with Crippen molar-refractivity contribution in [1.29, 1.82) is 0 Å². The Hall–Kier alpha value is -1.68. The summed E-state index contributed by atoms with van der Waals surface area (Å²) in [6.07, 6.45) is 1.04. The zero-order valence-corrected chi connectivity index (χ0v) is 13.8. The van der Waals surface area contributed by atoms with Crippen LogP contribution >= 0.6 is 0 Å². The van der Waals surface area contributed by atoms with Crippen molar-refractivity contribution in [3.05, 3.63) is 70.3 Å². The second-order valence-electron chi connectivity index (χ2n) is 6.80. The Morgan fingerprint density at radius 3 is 2.26 bits per heavy atom. The predicted molar refractivity (Wildman–Crippen MR) is 92.5 cm³/mol. The highest BCUT2D eigenvalue weighted by Crippen LogP contribution is 2.30. The number of aliphatic hydroxyl groups is 2. The molecule has 0 bridgehead atoms. The minimum atomic E-state index is -0.568. The van der Waals surface area contributed by atoms with Crippen molar-refractivity contribution in [2.45, 2.75) is 38.3 Å². The SMILES string of the molecule is Cc1ccc([C@@H](O)CNC2(CO)Cc3ccccc3C2)cc1C. The van der Waals surface area contributed by atoms with E-state index in [-0.39, 0.29) is 12.1 Å². The molecule has 0 amide bonds. The minimum absolute atomic E-state index is 0.0708. The fourth-order valence-corrected chi connectivity index (χ4v) is 3.39. The number of benzene rings is 2. The molecule has 122 valence electrons. The maximum absolute atomic E-state index is 10.5. The largest absolute Gasteiger partial charge is 0.394 e. The van der Waals surface area contributed by atoms with Crippen molar-refractivity contribution in [1.82, 2.24) is 5.32 Å². The topological polar surface area (TPSA) is 52.5 Å². The number of hydrogen-bond donors (Lipinski definition) is 3. The van der Waals surface area contributed by atoms with Gasteiger partial charge in [-0.25, -0.2) is 0 Å². The third-order valence-corrected chi connectivity index (χ3v) is 5.06. The molecule has 1 atom stereocenters. The van der Waals surface area contributed by atoms with Crippen LogP contribution < -0.4 is 5.32 Å². The van der Waals surface area contributed by atoms with Crippen molar-refractivity contribution in [3.63, 3.8) is 0 Å². The van der Waals surface area contributed by atoms with E-state index in [4.69, 9.17) is 0 Å². The summed E-state index contributed by atoms with van der Waals surface area (Å²) in [7, 11) is 0. The van der Waals surface area contributed by atoms with Crippen LogP contribution in [0, 0.1) is 13.8 Å². The van der Waals surface area contributed by atoms with Gasteiger partial charge in [0.2, 0.25) is 0 Å². The molecule has 0 fully saturated rings. The smallest absolute Gasteiger partial charge is 0.0914 e. The van der Waals surface area contributed by atoms with Gasteiger partial charge in [-0.05, 0) is 54.5 Å². The number of aryl methyl sites for hydroxylation is 2. The first-order valence-corrected chi connectivity index (χ1v) is 8.21. The van der Waals surface area contributed by atoms with Crippen LogP contribution in [0.4, 0.5) is 0 Å². The van der Waals surface area contributed by atoms with Gasteiger partial charge in [-0.1, -0.05) is 42.5 Å². The van der Waals surface area contributed by atoms with Gasteiger partial charge in [-0.2, -0.15) is 0 Å². The minimum Gasteiger partial charge on any atom is -0.394 e. The third kappa shape index (κ3) is 3.32. The van der Waals surface area contributed by atoms with Gasteiger partial charge in [0.15, 0.2) is 0 Å². The van der Waals surface area contributed by atoms with Crippen molar-refractivity contribution < 1.29 is 10.2 Å². The Labute approximate surface area is 138 Å². The normalized spacial score (nSPS) is 17.0.